The number of anilines is 1. The lowest BCUT2D eigenvalue weighted by molar-refractivity contribution is 0.211. The van der Waals surface area contributed by atoms with Crippen molar-refractivity contribution in [2.45, 2.75) is 37.8 Å². The summed E-state index contributed by atoms with van der Waals surface area (Å²) in [5, 5.41) is 5.23. The van der Waals surface area contributed by atoms with Gasteiger partial charge in [0.25, 0.3) is 0 Å². The zero-order valence-electron chi connectivity index (χ0n) is 15.2. The molecule has 1 aliphatic rings. The van der Waals surface area contributed by atoms with Crippen molar-refractivity contribution < 1.29 is 0 Å². The number of aromatic amines is 1. The van der Waals surface area contributed by atoms with Crippen LogP contribution in [0.5, 0.6) is 0 Å². The Hall–Kier alpha value is -2.11. The predicted molar refractivity (Wildman–Crippen MR) is 108 cm³/mol. The number of nitrogens with zero attached hydrogens (tertiary/aromatic N) is 3. The maximum atomic E-state index is 6.35. The van der Waals surface area contributed by atoms with E-state index in [0.717, 1.165) is 34.4 Å². The van der Waals surface area contributed by atoms with E-state index in [9.17, 15) is 0 Å². The second kappa shape index (κ2) is 7.25. The van der Waals surface area contributed by atoms with E-state index >= 15 is 0 Å². The SMILES string of the molecule is CN(C)[C@@H]1CCCC[C@@H]1Nc1cc(-c2c[nH]c3ncccc23)cc(Cl)n1. The Morgan fingerprint density at radius 1 is 1.23 bits per heavy atom. The number of hydrogen-bond acceptors (Lipinski definition) is 4. The van der Waals surface area contributed by atoms with Gasteiger partial charge in [-0.15, -0.1) is 0 Å². The van der Waals surface area contributed by atoms with Crippen LogP contribution in [0.3, 0.4) is 0 Å². The first-order valence-corrected chi connectivity index (χ1v) is 9.52. The molecule has 4 rings (SSSR count). The van der Waals surface area contributed by atoms with E-state index in [1.807, 2.05) is 18.3 Å². The van der Waals surface area contributed by atoms with Crippen molar-refractivity contribution in [1.29, 1.82) is 0 Å². The van der Waals surface area contributed by atoms with Crippen LogP contribution in [0.4, 0.5) is 5.82 Å². The lowest BCUT2D eigenvalue weighted by atomic mass is 9.89. The summed E-state index contributed by atoms with van der Waals surface area (Å²) in [4.78, 5) is 14.4. The molecule has 6 heteroatoms. The Morgan fingerprint density at radius 2 is 2.08 bits per heavy atom. The third-order valence-corrected chi connectivity index (χ3v) is 5.48. The predicted octanol–water partition coefficient (Wildman–Crippen LogP) is 4.56. The van der Waals surface area contributed by atoms with Crippen LogP contribution in [-0.4, -0.2) is 46.0 Å². The third kappa shape index (κ3) is 3.41. The Bertz CT molecular complexity index is 904. The van der Waals surface area contributed by atoms with E-state index in [-0.39, 0.29) is 0 Å². The second-order valence-electron chi connectivity index (χ2n) is 7.23. The minimum atomic E-state index is 0.391. The molecule has 2 atom stereocenters. The van der Waals surface area contributed by atoms with Crippen molar-refractivity contribution in [1.82, 2.24) is 19.9 Å². The lowest BCUT2D eigenvalue weighted by Gasteiger charge is -2.36. The van der Waals surface area contributed by atoms with Gasteiger partial charge in [-0.1, -0.05) is 24.4 Å². The van der Waals surface area contributed by atoms with Gasteiger partial charge in [0.1, 0.15) is 16.6 Å². The molecular formula is C20H24ClN5. The summed E-state index contributed by atoms with van der Waals surface area (Å²) < 4.78 is 0. The van der Waals surface area contributed by atoms with Crippen LogP contribution in [-0.2, 0) is 0 Å². The number of hydrogen-bond donors (Lipinski definition) is 2. The number of fused-ring (bicyclic) bond motifs is 1. The van der Waals surface area contributed by atoms with E-state index in [0.29, 0.717) is 17.2 Å². The average Bonchev–Trinajstić information content (AvgIpc) is 3.05. The summed E-state index contributed by atoms with van der Waals surface area (Å²) >= 11 is 6.35. The van der Waals surface area contributed by atoms with Crippen molar-refractivity contribution in [2.75, 3.05) is 19.4 Å². The highest BCUT2D eigenvalue weighted by atomic mass is 35.5. The summed E-state index contributed by atoms with van der Waals surface area (Å²) in [7, 11) is 4.31. The summed E-state index contributed by atoms with van der Waals surface area (Å²) in [6.45, 7) is 0. The number of pyridine rings is 2. The third-order valence-electron chi connectivity index (χ3n) is 5.28. The summed E-state index contributed by atoms with van der Waals surface area (Å²) in [6.07, 6.45) is 8.69. The number of likely N-dealkylation sites (N-methyl/N-ethyl adjacent to an activating group) is 1. The first-order valence-electron chi connectivity index (χ1n) is 9.15. The highest BCUT2D eigenvalue weighted by molar-refractivity contribution is 6.29. The van der Waals surface area contributed by atoms with Crippen LogP contribution in [0.15, 0.2) is 36.7 Å². The maximum Gasteiger partial charge on any atom is 0.137 e. The molecule has 0 spiro atoms. The fraction of sp³-hybridized carbons (Fsp3) is 0.400. The fourth-order valence-corrected chi connectivity index (χ4v) is 4.22. The van der Waals surface area contributed by atoms with Gasteiger partial charge in [-0.3, -0.25) is 0 Å². The Balaban J connectivity index is 1.66. The molecule has 0 amide bonds. The summed E-state index contributed by atoms with van der Waals surface area (Å²) in [5.74, 6) is 0.837. The molecule has 0 bridgehead atoms. The Labute approximate surface area is 158 Å². The highest BCUT2D eigenvalue weighted by Crippen LogP contribution is 2.32. The van der Waals surface area contributed by atoms with Gasteiger partial charge < -0.3 is 15.2 Å². The van der Waals surface area contributed by atoms with Crippen molar-refractivity contribution in [3.05, 3.63) is 41.8 Å². The minimum absolute atomic E-state index is 0.391. The number of aromatic nitrogens is 3. The second-order valence-corrected chi connectivity index (χ2v) is 7.62. The molecule has 3 aromatic heterocycles. The minimum Gasteiger partial charge on any atom is -0.366 e. The molecule has 136 valence electrons. The van der Waals surface area contributed by atoms with Crippen LogP contribution in [0.1, 0.15) is 25.7 Å². The van der Waals surface area contributed by atoms with Gasteiger partial charge in [-0.05, 0) is 56.8 Å². The number of halogens is 1. The molecule has 0 saturated heterocycles. The van der Waals surface area contributed by atoms with Gasteiger partial charge in [-0.25, -0.2) is 9.97 Å². The van der Waals surface area contributed by atoms with Crippen molar-refractivity contribution in [2.24, 2.45) is 0 Å². The average molecular weight is 370 g/mol. The molecule has 0 unspecified atom stereocenters. The monoisotopic (exact) mass is 369 g/mol. The number of H-pyrrole nitrogens is 1. The Kier molecular flexibility index (Phi) is 4.83. The van der Waals surface area contributed by atoms with E-state index in [1.54, 1.807) is 6.20 Å². The number of rotatable bonds is 4. The normalized spacial score (nSPS) is 20.6. The molecule has 2 N–H and O–H groups in total. The molecule has 5 nitrogen and oxygen atoms in total. The largest absolute Gasteiger partial charge is 0.366 e. The highest BCUT2D eigenvalue weighted by Gasteiger charge is 2.27. The van der Waals surface area contributed by atoms with E-state index in [1.165, 1.54) is 19.3 Å². The molecule has 3 heterocycles. The van der Waals surface area contributed by atoms with Gasteiger partial charge in [0.05, 0.1) is 0 Å². The standard InChI is InChI=1S/C20H24ClN5/c1-26(2)17-8-4-3-7-16(17)24-19-11-13(10-18(21)25-19)15-12-23-20-14(15)6-5-9-22-20/h5-6,9-12,16-17H,3-4,7-8H2,1-2H3,(H,22,23)(H,24,25)/t16-,17+/m0/s1. The first kappa shape index (κ1) is 17.3. The van der Waals surface area contributed by atoms with Crippen LogP contribution in [0.25, 0.3) is 22.2 Å². The van der Waals surface area contributed by atoms with Gasteiger partial charge in [0, 0.05) is 35.4 Å². The molecule has 0 aromatic carbocycles. The smallest absolute Gasteiger partial charge is 0.137 e. The van der Waals surface area contributed by atoms with Crippen molar-refractivity contribution >= 4 is 28.5 Å². The molecule has 1 saturated carbocycles. The van der Waals surface area contributed by atoms with Crippen LogP contribution in [0, 0.1) is 0 Å². The van der Waals surface area contributed by atoms with Gasteiger partial charge in [-0.2, -0.15) is 0 Å². The summed E-state index contributed by atoms with van der Waals surface area (Å²) in [6, 6.07) is 8.92. The molecule has 26 heavy (non-hydrogen) atoms. The quantitative estimate of drug-likeness (QED) is 0.662. The van der Waals surface area contributed by atoms with Gasteiger partial charge in [0.15, 0.2) is 0 Å². The van der Waals surface area contributed by atoms with E-state index < -0.39 is 0 Å². The zero-order valence-corrected chi connectivity index (χ0v) is 15.9. The molecule has 0 radical (unpaired) electrons. The van der Waals surface area contributed by atoms with Crippen molar-refractivity contribution in [3.63, 3.8) is 0 Å². The van der Waals surface area contributed by atoms with Crippen molar-refractivity contribution in [3.8, 4) is 11.1 Å². The van der Waals surface area contributed by atoms with Crippen LogP contribution < -0.4 is 5.32 Å². The molecule has 0 aliphatic heterocycles. The molecule has 3 aromatic rings. The van der Waals surface area contributed by atoms with Crippen LogP contribution >= 0.6 is 11.6 Å². The van der Waals surface area contributed by atoms with Gasteiger partial charge in [0.2, 0.25) is 0 Å². The molecule has 1 aliphatic carbocycles. The summed E-state index contributed by atoms with van der Waals surface area (Å²) in [5.41, 5.74) is 3.02. The maximum absolute atomic E-state index is 6.35. The van der Waals surface area contributed by atoms with E-state index in [4.69, 9.17) is 11.6 Å². The van der Waals surface area contributed by atoms with Crippen LogP contribution in [0.2, 0.25) is 5.15 Å². The molecular weight excluding hydrogens is 346 g/mol. The number of nitrogens with one attached hydrogen (secondary N) is 2. The zero-order chi connectivity index (χ0) is 18.1. The Morgan fingerprint density at radius 3 is 2.92 bits per heavy atom. The molecule has 1 fully saturated rings. The van der Waals surface area contributed by atoms with Gasteiger partial charge >= 0.3 is 0 Å². The first-order chi connectivity index (χ1) is 12.6. The lowest BCUT2D eigenvalue weighted by Crippen LogP contribution is -2.45. The fourth-order valence-electron chi connectivity index (χ4n) is 4.01. The van der Waals surface area contributed by atoms with E-state index in [2.05, 4.69) is 51.4 Å². The topological polar surface area (TPSA) is 56.8 Å².